The Kier molecular flexibility index (Phi) is 4.65. The summed E-state index contributed by atoms with van der Waals surface area (Å²) in [6, 6.07) is 2.53. The Morgan fingerprint density at radius 1 is 1.40 bits per heavy atom. The first-order valence-electron chi connectivity index (χ1n) is 5.72. The van der Waals surface area contributed by atoms with Crippen LogP contribution in [0.15, 0.2) is 12.3 Å². The summed E-state index contributed by atoms with van der Waals surface area (Å²) in [5.41, 5.74) is 1.15. The number of hydrogen-bond acceptors (Lipinski definition) is 1. The summed E-state index contributed by atoms with van der Waals surface area (Å²) in [4.78, 5) is 0. The highest BCUT2D eigenvalue weighted by Crippen LogP contribution is 2.18. The molecule has 2 atom stereocenters. The smallest absolute Gasteiger partial charge is 0.0627 e. The molecule has 0 aromatic carbocycles. The molecule has 1 heterocycles. The molecule has 0 radical (unpaired) electrons. The minimum atomic E-state index is 0.259. The van der Waals surface area contributed by atoms with Gasteiger partial charge in [-0.3, -0.25) is 4.68 Å². The standard InChI is InChI=1S/C12H21ClN2/c1-5-12(13)10(4)8-11-6-7-15(14-11)9(2)3/h6-7,9-10,12H,5,8H2,1-4H3. The fourth-order valence-electron chi connectivity index (χ4n) is 1.63. The van der Waals surface area contributed by atoms with Crippen LogP contribution in [0.5, 0.6) is 0 Å². The summed E-state index contributed by atoms with van der Waals surface area (Å²) >= 11 is 6.20. The first kappa shape index (κ1) is 12.6. The van der Waals surface area contributed by atoms with Crippen LogP contribution in [0.25, 0.3) is 0 Å². The van der Waals surface area contributed by atoms with E-state index in [1.54, 1.807) is 0 Å². The van der Waals surface area contributed by atoms with Crippen molar-refractivity contribution in [1.29, 1.82) is 0 Å². The van der Waals surface area contributed by atoms with Gasteiger partial charge in [-0.15, -0.1) is 11.6 Å². The second-order valence-corrected chi connectivity index (χ2v) is 5.05. The van der Waals surface area contributed by atoms with E-state index in [1.807, 2.05) is 10.9 Å². The second kappa shape index (κ2) is 5.55. The van der Waals surface area contributed by atoms with Crippen molar-refractivity contribution in [1.82, 2.24) is 9.78 Å². The van der Waals surface area contributed by atoms with E-state index in [9.17, 15) is 0 Å². The van der Waals surface area contributed by atoms with Crippen LogP contribution < -0.4 is 0 Å². The van der Waals surface area contributed by atoms with Crippen LogP contribution in [0.2, 0.25) is 0 Å². The van der Waals surface area contributed by atoms with E-state index in [4.69, 9.17) is 11.6 Å². The van der Waals surface area contributed by atoms with Crippen LogP contribution in [-0.2, 0) is 6.42 Å². The Hall–Kier alpha value is -0.500. The molecule has 2 unspecified atom stereocenters. The van der Waals surface area contributed by atoms with E-state index >= 15 is 0 Å². The molecule has 0 aliphatic heterocycles. The third-order valence-electron chi connectivity index (χ3n) is 2.73. The molecule has 1 aromatic rings. The molecule has 0 aliphatic rings. The van der Waals surface area contributed by atoms with Crippen LogP contribution in [0.1, 0.15) is 45.9 Å². The molecule has 2 nitrogen and oxygen atoms in total. The molecule has 86 valence electrons. The lowest BCUT2D eigenvalue weighted by Crippen LogP contribution is -2.13. The monoisotopic (exact) mass is 228 g/mol. The van der Waals surface area contributed by atoms with Gasteiger partial charge in [0.2, 0.25) is 0 Å². The summed E-state index contributed by atoms with van der Waals surface area (Å²) in [7, 11) is 0. The van der Waals surface area contributed by atoms with E-state index in [1.165, 1.54) is 0 Å². The number of rotatable bonds is 5. The van der Waals surface area contributed by atoms with Crippen LogP contribution in [0, 0.1) is 5.92 Å². The zero-order chi connectivity index (χ0) is 11.4. The molecule has 0 N–H and O–H groups in total. The molecule has 0 amide bonds. The van der Waals surface area contributed by atoms with E-state index < -0.39 is 0 Å². The second-order valence-electron chi connectivity index (χ2n) is 4.49. The normalized spacial score (nSPS) is 15.6. The van der Waals surface area contributed by atoms with Crippen LogP contribution in [0.4, 0.5) is 0 Å². The predicted molar refractivity (Wildman–Crippen MR) is 65.4 cm³/mol. The summed E-state index contributed by atoms with van der Waals surface area (Å²) < 4.78 is 2.00. The third-order valence-corrected chi connectivity index (χ3v) is 3.47. The number of aromatic nitrogens is 2. The average Bonchev–Trinajstić information content (AvgIpc) is 2.65. The zero-order valence-corrected chi connectivity index (χ0v) is 10.8. The van der Waals surface area contributed by atoms with E-state index in [0.717, 1.165) is 18.5 Å². The highest BCUT2D eigenvalue weighted by Gasteiger charge is 2.14. The first-order chi connectivity index (χ1) is 7.04. The van der Waals surface area contributed by atoms with Gasteiger partial charge in [0.15, 0.2) is 0 Å². The van der Waals surface area contributed by atoms with Crippen molar-refractivity contribution in [2.75, 3.05) is 0 Å². The highest BCUT2D eigenvalue weighted by atomic mass is 35.5. The van der Waals surface area contributed by atoms with Crippen LogP contribution in [0.3, 0.4) is 0 Å². The van der Waals surface area contributed by atoms with Gasteiger partial charge in [0, 0.05) is 17.6 Å². The lowest BCUT2D eigenvalue weighted by atomic mass is 10.00. The fourth-order valence-corrected chi connectivity index (χ4v) is 1.72. The lowest BCUT2D eigenvalue weighted by Gasteiger charge is -2.14. The summed E-state index contributed by atoms with van der Waals surface area (Å²) in [5.74, 6) is 0.493. The van der Waals surface area contributed by atoms with Crippen LogP contribution >= 0.6 is 11.6 Å². The quantitative estimate of drug-likeness (QED) is 0.704. The van der Waals surface area contributed by atoms with E-state index in [0.29, 0.717) is 12.0 Å². The van der Waals surface area contributed by atoms with Crippen molar-refractivity contribution < 1.29 is 0 Å². The molecular weight excluding hydrogens is 208 g/mol. The number of alkyl halides is 1. The lowest BCUT2D eigenvalue weighted by molar-refractivity contribution is 0.497. The molecule has 0 aliphatic carbocycles. The minimum Gasteiger partial charge on any atom is -0.270 e. The van der Waals surface area contributed by atoms with Gasteiger partial charge in [0.05, 0.1) is 5.69 Å². The van der Waals surface area contributed by atoms with E-state index in [2.05, 4.69) is 38.9 Å². The number of halogens is 1. The van der Waals surface area contributed by atoms with Gasteiger partial charge in [-0.05, 0) is 38.7 Å². The summed E-state index contributed by atoms with van der Waals surface area (Å²) in [5, 5.41) is 4.78. The van der Waals surface area contributed by atoms with Gasteiger partial charge < -0.3 is 0 Å². The van der Waals surface area contributed by atoms with Gasteiger partial charge in [0.25, 0.3) is 0 Å². The molecule has 15 heavy (non-hydrogen) atoms. The minimum absolute atomic E-state index is 0.259. The Bertz CT molecular complexity index is 294. The van der Waals surface area contributed by atoms with Crippen molar-refractivity contribution in [3.05, 3.63) is 18.0 Å². The van der Waals surface area contributed by atoms with Crippen molar-refractivity contribution in [2.24, 2.45) is 5.92 Å². The molecule has 1 rings (SSSR count). The molecule has 3 heteroatoms. The van der Waals surface area contributed by atoms with Gasteiger partial charge in [-0.2, -0.15) is 5.10 Å². The SMILES string of the molecule is CCC(Cl)C(C)Cc1ccn(C(C)C)n1. The fraction of sp³-hybridized carbons (Fsp3) is 0.750. The van der Waals surface area contributed by atoms with Gasteiger partial charge in [-0.1, -0.05) is 13.8 Å². The summed E-state index contributed by atoms with van der Waals surface area (Å²) in [6.07, 6.45) is 4.04. The Labute approximate surface area is 97.6 Å². The van der Waals surface area contributed by atoms with Crippen molar-refractivity contribution in [3.63, 3.8) is 0 Å². The van der Waals surface area contributed by atoms with Crippen molar-refractivity contribution >= 4 is 11.6 Å². The molecule has 0 fully saturated rings. The Morgan fingerprint density at radius 3 is 2.53 bits per heavy atom. The van der Waals surface area contributed by atoms with Gasteiger partial charge >= 0.3 is 0 Å². The molecule has 0 saturated heterocycles. The Morgan fingerprint density at radius 2 is 2.07 bits per heavy atom. The first-order valence-corrected chi connectivity index (χ1v) is 6.16. The van der Waals surface area contributed by atoms with E-state index in [-0.39, 0.29) is 5.38 Å². The number of nitrogens with zero attached hydrogens (tertiary/aromatic N) is 2. The molecule has 1 aromatic heterocycles. The summed E-state index contributed by atoms with van der Waals surface area (Å²) in [6.45, 7) is 8.59. The average molecular weight is 229 g/mol. The third kappa shape index (κ3) is 3.53. The van der Waals surface area contributed by atoms with Crippen molar-refractivity contribution in [3.8, 4) is 0 Å². The van der Waals surface area contributed by atoms with Gasteiger partial charge in [-0.25, -0.2) is 0 Å². The predicted octanol–water partition coefficient (Wildman–Crippen LogP) is 3.66. The topological polar surface area (TPSA) is 17.8 Å². The maximum absolute atomic E-state index is 6.20. The Balaban J connectivity index is 2.57. The molecule has 0 saturated carbocycles. The maximum atomic E-state index is 6.20. The van der Waals surface area contributed by atoms with Crippen LogP contribution in [-0.4, -0.2) is 15.2 Å². The van der Waals surface area contributed by atoms with Crippen molar-refractivity contribution in [2.45, 2.75) is 52.0 Å². The van der Waals surface area contributed by atoms with Gasteiger partial charge in [0.1, 0.15) is 0 Å². The molecule has 0 spiro atoms. The molecular formula is C12H21ClN2. The molecule has 0 bridgehead atoms. The highest BCUT2D eigenvalue weighted by molar-refractivity contribution is 6.20. The largest absolute Gasteiger partial charge is 0.270 e. The number of hydrogen-bond donors (Lipinski definition) is 0. The maximum Gasteiger partial charge on any atom is 0.0627 e. The zero-order valence-electron chi connectivity index (χ0n) is 10.1.